The van der Waals surface area contributed by atoms with Crippen LogP contribution in [0.5, 0.6) is 5.75 Å². The smallest absolute Gasteiger partial charge is 0.287 e. The van der Waals surface area contributed by atoms with E-state index in [1.54, 1.807) is 18.2 Å². The molecule has 0 radical (unpaired) electrons. The number of aromatic nitrogens is 2. The fourth-order valence-electron chi connectivity index (χ4n) is 1.84. The molecule has 0 atom stereocenters. The van der Waals surface area contributed by atoms with Crippen LogP contribution in [0.15, 0.2) is 29.2 Å². The van der Waals surface area contributed by atoms with Gasteiger partial charge in [0.25, 0.3) is 5.56 Å². The molecule has 110 valence electrons. The Morgan fingerprint density at radius 3 is 2.71 bits per heavy atom. The van der Waals surface area contributed by atoms with Crippen LogP contribution in [-0.2, 0) is 6.54 Å². The second kappa shape index (κ2) is 6.28. The molecule has 1 aromatic carbocycles. The fraction of sp³-hybridized carbons (Fsp3) is 0.214. The maximum atomic E-state index is 12.0. The lowest BCUT2D eigenvalue weighted by Crippen LogP contribution is -2.24. The summed E-state index contributed by atoms with van der Waals surface area (Å²) in [5.74, 6) is 0.480. The van der Waals surface area contributed by atoms with Gasteiger partial charge in [-0.2, -0.15) is 5.10 Å². The lowest BCUT2D eigenvalue weighted by atomic mass is 10.1. The highest BCUT2D eigenvalue weighted by Gasteiger charge is 2.12. The van der Waals surface area contributed by atoms with Crippen LogP contribution in [0.1, 0.15) is 22.8 Å². The van der Waals surface area contributed by atoms with Crippen LogP contribution >= 0.6 is 23.2 Å². The van der Waals surface area contributed by atoms with Crippen molar-refractivity contribution in [2.75, 3.05) is 7.11 Å². The van der Waals surface area contributed by atoms with Gasteiger partial charge in [-0.05, 0) is 25.1 Å². The number of Topliss-reactive ketones (excluding diaryl/α,β-unsaturated/α-hetero) is 1. The third-order valence-corrected chi connectivity index (χ3v) is 3.70. The minimum absolute atomic E-state index is 0.0756. The van der Waals surface area contributed by atoms with E-state index >= 15 is 0 Å². The molecular formula is C14H12Cl2N2O3. The molecule has 7 heteroatoms. The molecule has 0 aliphatic carbocycles. The summed E-state index contributed by atoms with van der Waals surface area (Å²) in [5.41, 5.74) is 0.677. The van der Waals surface area contributed by atoms with Crippen molar-refractivity contribution in [1.82, 2.24) is 9.78 Å². The van der Waals surface area contributed by atoms with E-state index in [-0.39, 0.29) is 22.4 Å². The molecule has 0 aliphatic rings. The summed E-state index contributed by atoms with van der Waals surface area (Å²) in [4.78, 5) is 23.4. The zero-order valence-electron chi connectivity index (χ0n) is 11.4. The Hall–Kier alpha value is -1.85. The second-order valence-corrected chi connectivity index (χ2v) is 5.14. The van der Waals surface area contributed by atoms with Gasteiger partial charge in [0, 0.05) is 11.1 Å². The van der Waals surface area contributed by atoms with E-state index in [1.165, 1.54) is 20.2 Å². The summed E-state index contributed by atoms with van der Waals surface area (Å²) in [6, 6.07) is 5.00. The quantitative estimate of drug-likeness (QED) is 0.810. The highest BCUT2D eigenvalue weighted by atomic mass is 35.5. The Labute approximate surface area is 131 Å². The number of hydrogen-bond donors (Lipinski definition) is 0. The Kier molecular flexibility index (Phi) is 4.65. The van der Waals surface area contributed by atoms with E-state index in [1.807, 2.05) is 0 Å². The molecule has 0 aliphatic heterocycles. The molecule has 21 heavy (non-hydrogen) atoms. The van der Waals surface area contributed by atoms with E-state index in [4.69, 9.17) is 27.9 Å². The second-order valence-electron chi connectivity index (χ2n) is 4.35. The van der Waals surface area contributed by atoms with Crippen LogP contribution in [0, 0.1) is 0 Å². The van der Waals surface area contributed by atoms with Gasteiger partial charge in [-0.1, -0.05) is 23.2 Å². The number of ketones is 1. The fourth-order valence-corrected chi connectivity index (χ4v) is 2.11. The van der Waals surface area contributed by atoms with Gasteiger partial charge < -0.3 is 4.74 Å². The van der Waals surface area contributed by atoms with Crippen molar-refractivity contribution < 1.29 is 9.53 Å². The minimum Gasteiger partial charge on any atom is -0.496 e. The summed E-state index contributed by atoms with van der Waals surface area (Å²) in [6.07, 6.45) is 1.30. The first kappa shape index (κ1) is 15.5. The van der Waals surface area contributed by atoms with Gasteiger partial charge in [0.2, 0.25) is 0 Å². The average Bonchev–Trinajstić information content (AvgIpc) is 2.47. The molecular weight excluding hydrogens is 315 g/mol. The SMILES string of the molecule is COc1ccc(C(C)=O)cc1Cn1ncc(Cl)c(Cl)c1=O. The topological polar surface area (TPSA) is 61.2 Å². The number of methoxy groups -OCH3 is 1. The number of nitrogens with zero attached hydrogens (tertiary/aromatic N) is 2. The molecule has 0 fully saturated rings. The van der Waals surface area contributed by atoms with Crippen LogP contribution < -0.4 is 10.3 Å². The number of hydrogen-bond acceptors (Lipinski definition) is 4. The maximum absolute atomic E-state index is 12.0. The Morgan fingerprint density at radius 2 is 2.10 bits per heavy atom. The highest BCUT2D eigenvalue weighted by Crippen LogP contribution is 2.21. The van der Waals surface area contributed by atoms with E-state index < -0.39 is 5.56 Å². The van der Waals surface area contributed by atoms with E-state index in [0.717, 1.165) is 4.68 Å². The third-order valence-electron chi connectivity index (χ3n) is 2.95. The molecule has 0 spiro atoms. The van der Waals surface area contributed by atoms with Crippen LogP contribution in [0.3, 0.4) is 0 Å². The van der Waals surface area contributed by atoms with Gasteiger partial charge in [0.1, 0.15) is 10.8 Å². The molecule has 1 aromatic heterocycles. The monoisotopic (exact) mass is 326 g/mol. The van der Waals surface area contributed by atoms with Crippen molar-refractivity contribution in [2.24, 2.45) is 0 Å². The average molecular weight is 327 g/mol. The Morgan fingerprint density at radius 1 is 1.38 bits per heavy atom. The van der Waals surface area contributed by atoms with Gasteiger partial charge in [-0.15, -0.1) is 0 Å². The van der Waals surface area contributed by atoms with Crippen LogP contribution in [0.25, 0.3) is 0 Å². The van der Waals surface area contributed by atoms with Crippen LogP contribution in [-0.4, -0.2) is 22.7 Å². The molecule has 0 saturated heterocycles. The minimum atomic E-state index is -0.501. The number of carbonyl (C=O) groups is 1. The largest absolute Gasteiger partial charge is 0.496 e. The molecule has 0 bridgehead atoms. The van der Waals surface area contributed by atoms with Crippen molar-refractivity contribution in [2.45, 2.75) is 13.5 Å². The third kappa shape index (κ3) is 3.25. The summed E-state index contributed by atoms with van der Waals surface area (Å²) >= 11 is 11.6. The summed E-state index contributed by atoms with van der Waals surface area (Å²) < 4.78 is 6.40. The zero-order chi connectivity index (χ0) is 15.6. The van der Waals surface area contributed by atoms with Crippen LogP contribution in [0.2, 0.25) is 10.0 Å². The first-order valence-electron chi connectivity index (χ1n) is 6.03. The maximum Gasteiger partial charge on any atom is 0.287 e. The lowest BCUT2D eigenvalue weighted by Gasteiger charge is -2.11. The summed E-state index contributed by atoms with van der Waals surface area (Å²) in [7, 11) is 1.51. The van der Waals surface area contributed by atoms with E-state index in [0.29, 0.717) is 16.9 Å². The first-order chi connectivity index (χ1) is 9.93. The Balaban J connectivity index is 2.48. The predicted octanol–water partition coefficient (Wildman–Crippen LogP) is 2.81. The summed E-state index contributed by atoms with van der Waals surface area (Å²) in [6.45, 7) is 1.59. The van der Waals surface area contributed by atoms with E-state index in [9.17, 15) is 9.59 Å². The van der Waals surface area contributed by atoms with Crippen molar-refractivity contribution in [3.63, 3.8) is 0 Å². The van der Waals surface area contributed by atoms with Crippen molar-refractivity contribution in [1.29, 1.82) is 0 Å². The number of carbonyl (C=O) groups excluding carboxylic acids is 1. The molecule has 0 amide bonds. The first-order valence-corrected chi connectivity index (χ1v) is 6.78. The molecule has 5 nitrogen and oxygen atoms in total. The lowest BCUT2D eigenvalue weighted by molar-refractivity contribution is 0.101. The molecule has 0 N–H and O–H groups in total. The van der Waals surface area contributed by atoms with Crippen molar-refractivity contribution >= 4 is 29.0 Å². The highest BCUT2D eigenvalue weighted by molar-refractivity contribution is 6.41. The molecule has 0 saturated carbocycles. The zero-order valence-corrected chi connectivity index (χ0v) is 12.9. The Bertz CT molecular complexity index is 756. The van der Waals surface area contributed by atoms with Gasteiger partial charge >= 0.3 is 0 Å². The molecule has 0 unspecified atom stereocenters. The van der Waals surface area contributed by atoms with E-state index in [2.05, 4.69) is 5.10 Å². The van der Waals surface area contributed by atoms with Gasteiger partial charge in [0.05, 0.1) is 24.9 Å². The van der Waals surface area contributed by atoms with Crippen molar-refractivity contribution in [3.8, 4) is 5.75 Å². The normalized spacial score (nSPS) is 10.5. The number of benzene rings is 1. The number of rotatable bonds is 4. The molecule has 2 aromatic rings. The van der Waals surface area contributed by atoms with Gasteiger partial charge in [-0.25, -0.2) is 4.68 Å². The molecule has 2 rings (SSSR count). The molecule has 1 heterocycles. The van der Waals surface area contributed by atoms with Crippen LogP contribution in [0.4, 0.5) is 0 Å². The number of halogens is 2. The standard InChI is InChI=1S/C14H12Cl2N2O3/c1-8(19)9-3-4-12(21-2)10(5-9)7-18-14(20)13(16)11(15)6-17-18/h3-6H,7H2,1-2H3. The summed E-state index contributed by atoms with van der Waals surface area (Å²) in [5, 5.41) is 3.94. The predicted molar refractivity (Wildman–Crippen MR) is 80.6 cm³/mol. The van der Waals surface area contributed by atoms with Crippen molar-refractivity contribution in [3.05, 3.63) is 55.9 Å². The van der Waals surface area contributed by atoms with Gasteiger partial charge in [0.15, 0.2) is 5.78 Å². The number of ether oxygens (including phenoxy) is 1. The van der Waals surface area contributed by atoms with Gasteiger partial charge in [-0.3, -0.25) is 9.59 Å².